The summed E-state index contributed by atoms with van der Waals surface area (Å²) >= 11 is 7.31. The van der Waals surface area contributed by atoms with E-state index in [1.54, 1.807) is 17.8 Å². The molecule has 1 N–H and O–H groups in total. The molecule has 0 unspecified atom stereocenters. The molecule has 0 spiro atoms. The van der Waals surface area contributed by atoms with Crippen molar-refractivity contribution in [1.29, 1.82) is 0 Å². The minimum atomic E-state index is -0.329. The van der Waals surface area contributed by atoms with Gasteiger partial charge in [-0.05, 0) is 30.3 Å². The van der Waals surface area contributed by atoms with E-state index in [0.717, 1.165) is 5.69 Å². The molecule has 1 amide bonds. The molecule has 0 bridgehead atoms. The zero-order chi connectivity index (χ0) is 14.5. The quantitative estimate of drug-likeness (QED) is 0.922. The smallest absolute Gasteiger partial charge is 0.234 e. The zero-order valence-electron chi connectivity index (χ0n) is 10.8. The van der Waals surface area contributed by atoms with Gasteiger partial charge in [-0.1, -0.05) is 11.6 Å². The molecular weight excluding hydrogens is 301 g/mol. The van der Waals surface area contributed by atoms with Gasteiger partial charge in [0.15, 0.2) is 0 Å². The fourth-order valence-corrected chi connectivity index (χ4v) is 2.42. The molecule has 1 heterocycles. The molecule has 106 valence electrons. The summed E-state index contributed by atoms with van der Waals surface area (Å²) in [6, 6.07) is 7.43. The summed E-state index contributed by atoms with van der Waals surface area (Å²) in [5.74, 6) is 0.441. The van der Waals surface area contributed by atoms with Crippen LogP contribution >= 0.6 is 23.4 Å². The van der Waals surface area contributed by atoms with Crippen LogP contribution in [-0.2, 0) is 17.6 Å². The third-order valence-corrected chi connectivity index (χ3v) is 3.80. The minimum Gasteiger partial charge on any atom is -0.325 e. The number of aryl methyl sites for hydroxylation is 1. The Hall–Kier alpha value is -1.53. The fourth-order valence-electron chi connectivity index (χ4n) is 1.55. The monoisotopic (exact) mass is 313 g/mol. The summed E-state index contributed by atoms with van der Waals surface area (Å²) in [5, 5.41) is 7.45. The molecule has 20 heavy (non-hydrogen) atoms. The number of hydrogen-bond donors (Lipinski definition) is 1. The van der Waals surface area contributed by atoms with E-state index in [4.69, 9.17) is 11.6 Å². The fraction of sp³-hybridized carbons (Fsp3) is 0.231. The first-order valence-electron chi connectivity index (χ1n) is 5.86. The Morgan fingerprint density at radius 1 is 1.45 bits per heavy atom. The van der Waals surface area contributed by atoms with Crippen molar-refractivity contribution in [2.24, 2.45) is 7.05 Å². The number of hydrogen-bond acceptors (Lipinski definition) is 3. The number of nitrogens with zero attached hydrogens (tertiary/aromatic N) is 2. The summed E-state index contributed by atoms with van der Waals surface area (Å²) in [5.41, 5.74) is 1.41. The molecular formula is C13H13ClFN3OS. The van der Waals surface area contributed by atoms with E-state index in [-0.39, 0.29) is 11.7 Å². The highest BCUT2D eigenvalue weighted by atomic mass is 35.5. The maximum absolute atomic E-state index is 12.7. The molecule has 1 aromatic heterocycles. The van der Waals surface area contributed by atoms with Gasteiger partial charge in [-0.2, -0.15) is 5.10 Å². The highest BCUT2D eigenvalue weighted by Gasteiger charge is 2.06. The van der Waals surface area contributed by atoms with Gasteiger partial charge in [-0.25, -0.2) is 4.39 Å². The van der Waals surface area contributed by atoms with E-state index in [1.165, 1.54) is 36.0 Å². The third kappa shape index (κ3) is 4.25. The maximum Gasteiger partial charge on any atom is 0.234 e. The van der Waals surface area contributed by atoms with E-state index in [1.807, 2.05) is 0 Å². The number of nitrogens with one attached hydrogen (secondary N) is 1. The van der Waals surface area contributed by atoms with Crippen LogP contribution in [0.4, 0.5) is 10.1 Å². The van der Waals surface area contributed by atoms with Crippen molar-refractivity contribution in [2.75, 3.05) is 11.1 Å². The number of aromatic nitrogens is 2. The van der Waals surface area contributed by atoms with Crippen LogP contribution in [0, 0.1) is 5.82 Å². The predicted molar refractivity (Wildman–Crippen MR) is 79.4 cm³/mol. The standard InChI is InChI=1S/C13H13ClFN3OS/c1-18-12(14)6-11(17-18)7-20-8-13(19)16-10-4-2-9(15)3-5-10/h2-6H,7-8H2,1H3,(H,16,19). The summed E-state index contributed by atoms with van der Waals surface area (Å²) in [6.45, 7) is 0. The molecule has 1 aromatic carbocycles. The van der Waals surface area contributed by atoms with Crippen molar-refractivity contribution in [2.45, 2.75) is 5.75 Å². The van der Waals surface area contributed by atoms with Gasteiger partial charge in [0.25, 0.3) is 0 Å². The Morgan fingerprint density at radius 3 is 2.75 bits per heavy atom. The van der Waals surface area contributed by atoms with Gasteiger partial charge in [0, 0.05) is 18.5 Å². The Morgan fingerprint density at radius 2 is 2.15 bits per heavy atom. The van der Waals surface area contributed by atoms with Crippen molar-refractivity contribution < 1.29 is 9.18 Å². The van der Waals surface area contributed by atoms with Crippen LogP contribution in [-0.4, -0.2) is 21.4 Å². The van der Waals surface area contributed by atoms with Crippen LogP contribution in [0.5, 0.6) is 0 Å². The number of rotatable bonds is 5. The summed E-state index contributed by atoms with van der Waals surface area (Å²) in [6.07, 6.45) is 0. The van der Waals surface area contributed by atoms with Crippen molar-refractivity contribution in [3.05, 3.63) is 47.0 Å². The van der Waals surface area contributed by atoms with Crippen LogP contribution in [0.25, 0.3) is 0 Å². The van der Waals surface area contributed by atoms with Crippen LogP contribution < -0.4 is 5.32 Å². The molecule has 7 heteroatoms. The second-order valence-electron chi connectivity index (χ2n) is 4.13. The molecule has 2 aromatic rings. The first-order valence-corrected chi connectivity index (χ1v) is 7.39. The number of benzene rings is 1. The van der Waals surface area contributed by atoms with Gasteiger partial charge in [0.2, 0.25) is 5.91 Å². The SMILES string of the molecule is Cn1nc(CSCC(=O)Nc2ccc(F)cc2)cc1Cl. The number of anilines is 1. The number of carbonyl (C=O) groups is 1. The molecule has 0 saturated heterocycles. The molecule has 4 nitrogen and oxygen atoms in total. The summed E-state index contributed by atoms with van der Waals surface area (Å²) < 4.78 is 14.3. The molecule has 2 rings (SSSR count). The number of amides is 1. The van der Waals surface area contributed by atoms with E-state index in [2.05, 4.69) is 10.4 Å². The first kappa shape index (κ1) is 14.9. The molecule has 0 saturated carbocycles. The van der Waals surface area contributed by atoms with E-state index in [0.29, 0.717) is 22.3 Å². The normalized spacial score (nSPS) is 10.6. The van der Waals surface area contributed by atoms with Gasteiger partial charge in [-0.3, -0.25) is 9.48 Å². The van der Waals surface area contributed by atoms with Gasteiger partial charge in [0.05, 0.1) is 11.4 Å². The van der Waals surface area contributed by atoms with Crippen molar-refractivity contribution in [3.8, 4) is 0 Å². The lowest BCUT2D eigenvalue weighted by Crippen LogP contribution is -2.14. The van der Waals surface area contributed by atoms with Crippen molar-refractivity contribution >= 4 is 35.0 Å². The Bertz CT molecular complexity index is 581. The molecule has 0 radical (unpaired) electrons. The number of halogens is 2. The van der Waals surface area contributed by atoms with E-state index >= 15 is 0 Å². The molecule has 0 aliphatic carbocycles. The Labute approximate surface area is 125 Å². The second kappa shape index (κ2) is 6.76. The average Bonchev–Trinajstić information content (AvgIpc) is 2.71. The Kier molecular flexibility index (Phi) is 5.03. The molecule has 0 atom stereocenters. The Balaban J connectivity index is 1.76. The number of carbonyl (C=O) groups excluding carboxylic acids is 1. The summed E-state index contributed by atoms with van der Waals surface area (Å²) in [4.78, 5) is 11.7. The van der Waals surface area contributed by atoms with Gasteiger partial charge in [0.1, 0.15) is 11.0 Å². The van der Waals surface area contributed by atoms with E-state index in [9.17, 15) is 9.18 Å². The second-order valence-corrected chi connectivity index (χ2v) is 5.50. The van der Waals surface area contributed by atoms with Crippen LogP contribution in [0.3, 0.4) is 0 Å². The number of thioether (sulfide) groups is 1. The van der Waals surface area contributed by atoms with Gasteiger partial charge >= 0.3 is 0 Å². The van der Waals surface area contributed by atoms with Crippen LogP contribution in [0.1, 0.15) is 5.69 Å². The third-order valence-electron chi connectivity index (χ3n) is 2.48. The highest BCUT2D eigenvalue weighted by molar-refractivity contribution is 7.99. The van der Waals surface area contributed by atoms with E-state index < -0.39 is 0 Å². The van der Waals surface area contributed by atoms with Crippen LogP contribution in [0.2, 0.25) is 5.15 Å². The highest BCUT2D eigenvalue weighted by Crippen LogP contribution is 2.16. The average molecular weight is 314 g/mol. The maximum atomic E-state index is 12.7. The van der Waals surface area contributed by atoms with Gasteiger partial charge in [-0.15, -0.1) is 11.8 Å². The van der Waals surface area contributed by atoms with Gasteiger partial charge < -0.3 is 5.32 Å². The molecule has 0 aliphatic heterocycles. The lowest BCUT2D eigenvalue weighted by molar-refractivity contribution is -0.113. The topological polar surface area (TPSA) is 46.9 Å². The molecule has 0 fully saturated rings. The van der Waals surface area contributed by atoms with Crippen molar-refractivity contribution in [1.82, 2.24) is 9.78 Å². The molecule has 0 aliphatic rings. The summed E-state index contributed by atoms with van der Waals surface area (Å²) in [7, 11) is 1.76. The van der Waals surface area contributed by atoms with Crippen LogP contribution in [0.15, 0.2) is 30.3 Å². The largest absolute Gasteiger partial charge is 0.325 e. The van der Waals surface area contributed by atoms with Crippen molar-refractivity contribution in [3.63, 3.8) is 0 Å². The minimum absolute atomic E-state index is 0.136. The lowest BCUT2D eigenvalue weighted by Gasteiger charge is -2.04. The first-order chi connectivity index (χ1) is 9.54. The predicted octanol–water partition coefficient (Wildman–Crippen LogP) is 3.08. The zero-order valence-corrected chi connectivity index (χ0v) is 12.3. The lowest BCUT2D eigenvalue weighted by atomic mass is 10.3.